The van der Waals surface area contributed by atoms with E-state index in [1.54, 1.807) is 0 Å². The molecule has 0 radical (unpaired) electrons. The van der Waals surface area contributed by atoms with Crippen LogP contribution in [-0.2, 0) is 40.7 Å². The fourth-order valence-electron chi connectivity index (χ4n) is 11.7. The summed E-state index contributed by atoms with van der Waals surface area (Å²) in [6.45, 7) is 2.77. The predicted octanol–water partition coefficient (Wildman–Crippen LogP) is 18.4. The summed E-state index contributed by atoms with van der Waals surface area (Å²) in [6.07, 6.45) is 16.9. The largest absolute Gasteiger partial charge is 0.508 e. The molecule has 77 heavy (non-hydrogen) atoms. The number of alkyl halides is 2. The molecule has 5 fully saturated rings. The fraction of sp³-hybridized carbons (Fsp3) is 0.433. The second-order valence-corrected chi connectivity index (χ2v) is 25.4. The Bertz CT molecular complexity index is 2190. The van der Waals surface area contributed by atoms with Crippen LogP contribution in [0.15, 0.2) is 211 Å². The van der Waals surface area contributed by atoms with E-state index in [4.69, 9.17) is 18.9 Å². The van der Waals surface area contributed by atoms with Gasteiger partial charge in [0.05, 0.1) is 21.8 Å². The minimum Gasteiger partial charge on any atom is -0.434 e. The number of halogens is 2. The maximum Gasteiger partial charge on any atom is 0.508 e. The zero-order valence-corrected chi connectivity index (χ0v) is 47.1. The molecule has 410 valence electrons. The van der Waals surface area contributed by atoms with Crippen LogP contribution in [0, 0.1) is 23.2 Å². The number of benzene rings is 6. The van der Waals surface area contributed by atoms with Crippen LogP contribution < -0.4 is 0 Å². The first-order chi connectivity index (χ1) is 37.6. The summed E-state index contributed by atoms with van der Waals surface area (Å²) in [6, 6.07) is 64.3. The van der Waals surface area contributed by atoms with Crippen LogP contribution in [0.3, 0.4) is 0 Å². The van der Waals surface area contributed by atoms with Gasteiger partial charge in [-0.05, 0) is 169 Å². The Morgan fingerprint density at radius 2 is 0.701 bits per heavy atom. The average molecular weight is 1090 g/mol. The van der Waals surface area contributed by atoms with Crippen molar-refractivity contribution in [3.63, 3.8) is 0 Å². The van der Waals surface area contributed by atoms with Crippen molar-refractivity contribution in [1.29, 1.82) is 0 Å². The van der Waals surface area contributed by atoms with Gasteiger partial charge in [-0.15, -0.1) is 0 Å². The molecule has 2 unspecified atom stereocenters. The quantitative estimate of drug-likeness (QED) is 0.0848. The number of carbonyl (C=O) groups excluding carboxylic acids is 2. The molecule has 0 amide bonds. The molecule has 11 rings (SSSR count). The van der Waals surface area contributed by atoms with E-state index in [0.717, 1.165) is 43.4 Å². The molecular weight excluding hydrogens is 1000 g/mol. The van der Waals surface area contributed by atoms with Gasteiger partial charge in [-0.25, -0.2) is 18.4 Å². The monoisotopic (exact) mass is 1080 g/mol. The van der Waals surface area contributed by atoms with Crippen molar-refractivity contribution in [3.05, 3.63) is 182 Å². The molecule has 0 saturated heterocycles. The Kier molecular flexibility index (Phi) is 24.8. The number of rotatable bonds is 13. The van der Waals surface area contributed by atoms with E-state index in [0.29, 0.717) is 6.61 Å². The van der Waals surface area contributed by atoms with E-state index in [1.165, 1.54) is 127 Å². The second-order valence-electron chi connectivity index (χ2n) is 21.4. The molecule has 6 aromatic rings. The van der Waals surface area contributed by atoms with E-state index >= 15 is 0 Å². The molecule has 0 aromatic heterocycles. The zero-order chi connectivity index (χ0) is 53.9. The minimum atomic E-state index is -1.14. The second kappa shape index (κ2) is 32.4. The number of hydrogen-bond donors (Lipinski definition) is 0. The number of ether oxygens (including phenoxy) is 4. The molecule has 5 aliphatic rings. The van der Waals surface area contributed by atoms with Crippen LogP contribution in [-0.4, -0.2) is 50.6 Å². The lowest BCUT2D eigenvalue weighted by molar-refractivity contribution is -0.0906. The summed E-state index contributed by atoms with van der Waals surface area (Å²) in [5, 5.41) is 0. The first-order valence-corrected chi connectivity index (χ1v) is 30.8. The van der Waals surface area contributed by atoms with Crippen molar-refractivity contribution in [2.24, 2.45) is 23.2 Å². The molecule has 6 nitrogen and oxygen atoms in total. The summed E-state index contributed by atoms with van der Waals surface area (Å²) in [4.78, 5) is 31.1. The van der Waals surface area contributed by atoms with Crippen LogP contribution in [0.2, 0.25) is 0 Å². The molecule has 0 aliphatic heterocycles. The lowest BCUT2D eigenvalue weighted by Crippen LogP contribution is -2.48. The van der Waals surface area contributed by atoms with E-state index < -0.39 is 24.7 Å². The molecule has 2 atom stereocenters. The van der Waals surface area contributed by atoms with Gasteiger partial charge in [0, 0.05) is 5.41 Å². The Morgan fingerprint density at radius 1 is 0.429 bits per heavy atom. The third kappa shape index (κ3) is 20.3. The van der Waals surface area contributed by atoms with Gasteiger partial charge in [0.2, 0.25) is 0 Å². The summed E-state index contributed by atoms with van der Waals surface area (Å²) in [5.41, 5.74) is 0.203. The van der Waals surface area contributed by atoms with Gasteiger partial charge in [-0.3, -0.25) is 0 Å². The Labute approximate surface area is 464 Å². The van der Waals surface area contributed by atoms with Crippen LogP contribution in [0.1, 0.15) is 123 Å². The van der Waals surface area contributed by atoms with Gasteiger partial charge in [0.15, 0.2) is 29.4 Å². The van der Waals surface area contributed by atoms with Gasteiger partial charge in [0.1, 0.15) is 38.3 Å². The van der Waals surface area contributed by atoms with E-state index in [-0.39, 0.29) is 46.5 Å². The standard InChI is InChI=1S/2C18H15S.C16H29FO3.C15H23FO3/c2*1-4-10-16(11-5-1)19(17-12-6-2-7-13-17)18-14-8-3-9-15-18;1-14(17)13-19-16(18)20-15-11-9-7-5-3-2-4-6-8-10-12-15;1-10(16)8-18-14(17)19-9-15-5-11-2-12(6-15)4-13(3-11)7-15/h2*1-15H;14-15H,2-13H2,1H3;10-13H,2-9H2,1H3/q2*+1;;. The molecule has 0 spiro atoms. The summed E-state index contributed by atoms with van der Waals surface area (Å²) >= 11 is 0. The highest BCUT2D eigenvalue weighted by atomic mass is 32.2. The lowest BCUT2D eigenvalue weighted by atomic mass is 9.50. The highest BCUT2D eigenvalue weighted by Gasteiger charge is 2.51. The topological polar surface area (TPSA) is 71.1 Å². The first kappa shape index (κ1) is 59.1. The van der Waals surface area contributed by atoms with Crippen molar-refractivity contribution in [2.45, 2.75) is 171 Å². The zero-order valence-electron chi connectivity index (χ0n) is 45.4. The molecule has 10 heteroatoms. The number of hydrogen-bond acceptors (Lipinski definition) is 6. The van der Waals surface area contributed by atoms with Gasteiger partial charge in [0.25, 0.3) is 0 Å². The van der Waals surface area contributed by atoms with E-state index in [2.05, 4.69) is 182 Å². The third-order valence-corrected chi connectivity index (χ3v) is 19.2. The fourth-order valence-corrected chi connectivity index (χ4v) is 15.9. The van der Waals surface area contributed by atoms with Crippen LogP contribution in [0.4, 0.5) is 18.4 Å². The van der Waals surface area contributed by atoms with Gasteiger partial charge in [-0.1, -0.05) is 154 Å². The van der Waals surface area contributed by atoms with Gasteiger partial charge < -0.3 is 18.9 Å². The number of carbonyl (C=O) groups is 2. The summed E-state index contributed by atoms with van der Waals surface area (Å²) in [5.74, 6) is 2.53. The molecule has 5 saturated carbocycles. The summed E-state index contributed by atoms with van der Waals surface area (Å²) in [7, 11) is -0.0293. The Balaban J connectivity index is 0.000000149. The van der Waals surface area contributed by atoms with Crippen LogP contribution in [0.25, 0.3) is 0 Å². The van der Waals surface area contributed by atoms with Crippen LogP contribution in [0.5, 0.6) is 0 Å². The van der Waals surface area contributed by atoms with Crippen molar-refractivity contribution in [3.8, 4) is 0 Å². The predicted molar refractivity (Wildman–Crippen MR) is 309 cm³/mol. The SMILES string of the molecule is CC(F)COC(=O)OC1CCCCCCCCCCC1.CC(F)COC(=O)OCC12CC3CC(CC(C3)C1)C2.c1ccc([S+](c2ccccc2)c2ccccc2)cc1.c1ccc([S+](c2ccccc2)c2ccccc2)cc1. The molecule has 0 heterocycles. The first-order valence-electron chi connectivity index (χ1n) is 28.3. The Morgan fingerprint density at radius 3 is 0.987 bits per heavy atom. The molecule has 6 aromatic carbocycles. The highest BCUT2D eigenvalue weighted by Crippen LogP contribution is 2.60. The van der Waals surface area contributed by atoms with Gasteiger partial charge in [-0.2, -0.15) is 0 Å². The van der Waals surface area contributed by atoms with Crippen molar-refractivity contribution in [2.75, 3.05) is 19.8 Å². The Hall–Kier alpha value is -5.58. The normalized spacial score (nSPS) is 20.9. The third-order valence-electron chi connectivity index (χ3n) is 14.7. The van der Waals surface area contributed by atoms with E-state index in [1.807, 2.05) is 0 Å². The molecular formula is C67H82F2O6S2+2. The molecule has 4 bridgehead atoms. The smallest absolute Gasteiger partial charge is 0.434 e. The summed E-state index contributed by atoms with van der Waals surface area (Å²) < 4.78 is 45.2. The van der Waals surface area contributed by atoms with Crippen molar-refractivity contribution >= 4 is 34.1 Å². The van der Waals surface area contributed by atoms with E-state index in [9.17, 15) is 18.4 Å². The molecule has 5 aliphatic carbocycles. The van der Waals surface area contributed by atoms with Crippen molar-refractivity contribution in [1.82, 2.24) is 0 Å². The minimum absolute atomic E-state index is 0.0146. The lowest BCUT2D eigenvalue weighted by Gasteiger charge is -2.56. The average Bonchev–Trinajstić information content (AvgIpc) is 3.46. The van der Waals surface area contributed by atoms with Crippen LogP contribution >= 0.6 is 0 Å². The maximum atomic E-state index is 12.6. The highest BCUT2D eigenvalue weighted by molar-refractivity contribution is 7.97. The molecule has 0 N–H and O–H groups in total. The van der Waals surface area contributed by atoms with Crippen molar-refractivity contribution < 1.29 is 37.3 Å². The maximum absolute atomic E-state index is 12.6. The van der Waals surface area contributed by atoms with Gasteiger partial charge >= 0.3 is 12.3 Å².